The number of aromatic nitrogens is 5. The highest BCUT2D eigenvalue weighted by atomic mass is 32.1. The fraction of sp³-hybridized carbons (Fsp3) is 0.429. The standard InChI is InChI=1S/C14H16N6OS/c1-9(13-18-19-14(21-13)11-3-2-6-22-11)17-10-4-5-12-15-8-16-20(12)7-10/h2-3,6,8-10,17H,4-5,7H2,1H3/t9-,10+/m0/s1. The molecule has 0 unspecified atom stereocenters. The molecule has 0 radical (unpaired) electrons. The molecular weight excluding hydrogens is 300 g/mol. The average molecular weight is 316 g/mol. The van der Waals surface area contributed by atoms with E-state index >= 15 is 0 Å². The molecule has 0 aliphatic carbocycles. The van der Waals surface area contributed by atoms with Crippen LogP contribution in [0.4, 0.5) is 0 Å². The van der Waals surface area contributed by atoms with Gasteiger partial charge in [-0.3, -0.25) is 0 Å². The van der Waals surface area contributed by atoms with Gasteiger partial charge in [0.05, 0.1) is 17.5 Å². The smallest absolute Gasteiger partial charge is 0.257 e. The van der Waals surface area contributed by atoms with Gasteiger partial charge in [0.15, 0.2) is 0 Å². The van der Waals surface area contributed by atoms with Crippen LogP contribution < -0.4 is 5.32 Å². The van der Waals surface area contributed by atoms with Crippen molar-refractivity contribution in [2.45, 2.75) is 38.4 Å². The molecule has 0 spiro atoms. The zero-order valence-corrected chi connectivity index (χ0v) is 13.0. The molecule has 1 N–H and O–H groups in total. The summed E-state index contributed by atoms with van der Waals surface area (Å²) in [6.45, 7) is 2.87. The molecule has 0 saturated heterocycles. The molecular formula is C14H16N6OS. The minimum Gasteiger partial charge on any atom is -0.418 e. The Kier molecular flexibility index (Phi) is 3.47. The Bertz CT molecular complexity index is 749. The van der Waals surface area contributed by atoms with Crippen LogP contribution >= 0.6 is 11.3 Å². The molecule has 1 aliphatic rings. The first-order valence-corrected chi connectivity index (χ1v) is 8.17. The third-order valence-corrected chi connectivity index (χ3v) is 4.69. The van der Waals surface area contributed by atoms with Gasteiger partial charge in [0.1, 0.15) is 12.2 Å². The van der Waals surface area contributed by atoms with Gasteiger partial charge in [0, 0.05) is 12.5 Å². The van der Waals surface area contributed by atoms with Crippen LogP contribution in [0.25, 0.3) is 10.8 Å². The molecule has 1 aliphatic heterocycles. The van der Waals surface area contributed by atoms with Crippen LogP contribution in [0.2, 0.25) is 0 Å². The summed E-state index contributed by atoms with van der Waals surface area (Å²) in [7, 11) is 0. The normalized spacial score (nSPS) is 19.0. The summed E-state index contributed by atoms with van der Waals surface area (Å²) >= 11 is 1.59. The van der Waals surface area contributed by atoms with Crippen molar-refractivity contribution in [1.82, 2.24) is 30.3 Å². The van der Waals surface area contributed by atoms with E-state index in [1.54, 1.807) is 17.7 Å². The van der Waals surface area contributed by atoms with Crippen LogP contribution in [-0.4, -0.2) is 31.0 Å². The highest BCUT2D eigenvalue weighted by Gasteiger charge is 2.23. The van der Waals surface area contributed by atoms with E-state index in [4.69, 9.17) is 4.42 Å². The highest BCUT2D eigenvalue weighted by molar-refractivity contribution is 7.13. The molecule has 2 atom stereocenters. The number of thiophene rings is 1. The van der Waals surface area contributed by atoms with Crippen LogP contribution in [0.3, 0.4) is 0 Å². The molecule has 3 aromatic rings. The maximum absolute atomic E-state index is 5.78. The Hall–Kier alpha value is -2.06. The molecule has 0 bridgehead atoms. The fourth-order valence-corrected chi connectivity index (χ4v) is 3.35. The van der Waals surface area contributed by atoms with E-state index in [2.05, 4.69) is 25.6 Å². The average Bonchev–Trinajstić information content (AvgIpc) is 3.26. The van der Waals surface area contributed by atoms with Crippen LogP contribution in [0.1, 0.15) is 31.1 Å². The predicted octanol–water partition coefficient (Wildman–Crippen LogP) is 2.06. The maximum Gasteiger partial charge on any atom is 0.257 e. The quantitative estimate of drug-likeness (QED) is 0.793. The van der Waals surface area contributed by atoms with Crippen molar-refractivity contribution < 1.29 is 4.42 Å². The number of fused-ring (bicyclic) bond motifs is 1. The second-order valence-electron chi connectivity index (χ2n) is 5.41. The van der Waals surface area contributed by atoms with Crippen LogP contribution in [-0.2, 0) is 13.0 Å². The molecule has 4 rings (SSSR count). The number of nitrogens with zero attached hydrogens (tertiary/aromatic N) is 5. The lowest BCUT2D eigenvalue weighted by Crippen LogP contribution is -2.39. The second kappa shape index (κ2) is 5.62. The second-order valence-corrected chi connectivity index (χ2v) is 6.35. The lowest BCUT2D eigenvalue weighted by molar-refractivity contribution is 0.310. The zero-order chi connectivity index (χ0) is 14.9. The lowest BCUT2D eigenvalue weighted by atomic mass is 10.1. The maximum atomic E-state index is 5.78. The van der Waals surface area contributed by atoms with Crippen molar-refractivity contribution in [2.75, 3.05) is 0 Å². The van der Waals surface area contributed by atoms with Crippen molar-refractivity contribution in [3.05, 3.63) is 35.6 Å². The van der Waals surface area contributed by atoms with E-state index < -0.39 is 0 Å². The first-order valence-electron chi connectivity index (χ1n) is 7.29. The third kappa shape index (κ3) is 2.55. The van der Waals surface area contributed by atoms with Crippen LogP contribution in [0.15, 0.2) is 28.3 Å². The van der Waals surface area contributed by atoms with Crippen LogP contribution in [0, 0.1) is 0 Å². The van der Waals surface area contributed by atoms with Gasteiger partial charge in [-0.15, -0.1) is 21.5 Å². The Morgan fingerprint density at radius 3 is 3.27 bits per heavy atom. The number of aryl methyl sites for hydroxylation is 1. The predicted molar refractivity (Wildman–Crippen MR) is 81.3 cm³/mol. The van der Waals surface area contributed by atoms with Gasteiger partial charge in [-0.2, -0.15) is 5.10 Å². The molecule has 114 valence electrons. The van der Waals surface area contributed by atoms with E-state index in [1.165, 1.54) is 0 Å². The molecule has 0 aromatic carbocycles. The number of hydrogen-bond donors (Lipinski definition) is 1. The molecule has 3 aromatic heterocycles. The van der Waals surface area contributed by atoms with Crippen molar-refractivity contribution >= 4 is 11.3 Å². The van der Waals surface area contributed by atoms with Gasteiger partial charge in [-0.1, -0.05) is 6.07 Å². The molecule has 7 nitrogen and oxygen atoms in total. The summed E-state index contributed by atoms with van der Waals surface area (Å²) in [4.78, 5) is 5.24. The fourth-order valence-electron chi connectivity index (χ4n) is 2.71. The molecule has 4 heterocycles. The summed E-state index contributed by atoms with van der Waals surface area (Å²) in [6, 6.07) is 4.30. The monoisotopic (exact) mass is 316 g/mol. The van der Waals surface area contributed by atoms with E-state index in [1.807, 2.05) is 29.1 Å². The number of nitrogens with one attached hydrogen (secondary N) is 1. The SMILES string of the molecule is C[C@H](N[C@@H]1CCc2ncnn2C1)c1nnc(-c2cccs2)o1. The van der Waals surface area contributed by atoms with Crippen molar-refractivity contribution in [3.63, 3.8) is 0 Å². The van der Waals surface area contributed by atoms with Crippen molar-refractivity contribution in [2.24, 2.45) is 0 Å². The lowest BCUT2D eigenvalue weighted by Gasteiger charge is -2.25. The van der Waals surface area contributed by atoms with E-state index in [9.17, 15) is 0 Å². The molecule has 0 fully saturated rings. The van der Waals surface area contributed by atoms with Gasteiger partial charge in [-0.05, 0) is 24.8 Å². The Labute approximate surface area is 131 Å². The van der Waals surface area contributed by atoms with E-state index in [-0.39, 0.29) is 6.04 Å². The summed E-state index contributed by atoms with van der Waals surface area (Å²) in [5, 5.41) is 18.1. The van der Waals surface area contributed by atoms with E-state index in [0.29, 0.717) is 17.8 Å². The molecule has 22 heavy (non-hydrogen) atoms. The van der Waals surface area contributed by atoms with Crippen LogP contribution in [0.5, 0.6) is 0 Å². The van der Waals surface area contributed by atoms with E-state index in [0.717, 1.165) is 30.1 Å². The topological polar surface area (TPSA) is 81.7 Å². The van der Waals surface area contributed by atoms with Gasteiger partial charge in [-0.25, -0.2) is 9.67 Å². The third-order valence-electron chi connectivity index (χ3n) is 3.83. The van der Waals surface area contributed by atoms with Crippen molar-refractivity contribution in [1.29, 1.82) is 0 Å². The van der Waals surface area contributed by atoms with Gasteiger partial charge in [0.2, 0.25) is 5.89 Å². The number of hydrogen-bond acceptors (Lipinski definition) is 7. The zero-order valence-electron chi connectivity index (χ0n) is 12.1. The summed E-state index contributed by atoms with van der Waals surface area (Å²) in [5.41, 5.74) is 0. The van der Waals surface area contributed by atoms with Gasteiger partial charge < -0.3 is 9.73 Å². The molecule has 0 amide bonds. The van der Waals surface area contributed by atoms with Gasteiger partial charge in [0.25, 0.3) is 5.89 Å². The molecule has 8 heteroatoms. The Morgan fingerprint density at radius 2 is 2.41 bits per heavy atom. The first-order chi connectivity index (χ1) is 10.8. The van der Waals surface area contributed by atoms with Crippen molar-refractivity contribution in [3.8, 4) is 10.8 Å². The largest absolute Gasteiger partial charge is 0.418 e. The first kappa shape index (κ1) is 13.6. The minimum absolute atomic E-state index is 0.0104. The Balaban J connectivity index is 1.43. The highest BCUT2D eigenvalue weighted by Crippen LogP contribution is 2.25. The van der Waals surface area contributed by atoms with Gasteiger partial charge >= 0.3 is 0 Å². The summed E-state index contributed by atoms with van der Waals surface area (Å²) in [5.74, 6) is 2.26. The number of rotatable bonds is 4. The molecule has 0 saturated carbocycles. The summed E-state index contributed by atoms with van der Waals surface area (Å²) in [6.07, 6.45) is 3.59. The summed E-state index contributed by atoms with van der Waals surface area (Å²) < 4.78 is 7.73. The Morgan fingerprint density at radius 1 is 1.45 bits per heavy atom. The minimum atomic E-state index is 0.0104.